The topological polar surface area (TPSA) is 167 Å². The van der Waals surface area contributed by atoms with Gasteiger partial charge in [0.1, 0.15) is 17.6 Å². The lowest BCUT2D eigenvalue weighted by molar-refractivity contribution is -0.143. The van der Waals surface area contributed by atoms with Gasteiger partial charge < -0.3 is 25.2 Å². The maximum atomic E-state index is 13.3. The number of carboxylic acids is 1. The normalized spacial score (nSPS) is 18.5. The van der Waals surface area contributed by atoms with E-state index >= 15 is 0 Å². The number of hydrogen-bond donors (Lipinski definition) is 3. The molecule has 254 valence electrons. The Bertz CT molecular complexity index is 1720. The number of likely N-dealkylation sites (tertiary alicyclic amines) is 1. The maximum Gasteiger partial charge on any atom is 0.326 e. The lowest BCUT2D eigenvalue weighted by Gasteiger charge is -2.33. The van der Waals surface area contributed by atoms with Crippen molar-refractivity contribution in [2.75, 3.05) is 25.0 Å². The number of nitrogens with one attached hydrogen (secondary N) is 2. The molecule has 4 heterocycles. The number of rotatable bonds is 12. The Kier molecular flexibility index (Phi) is 10.9. The van der Waals surface area contributed by atoms with Crippen molar-refractivity contribution in [3.05, 3.63) is 46.7 Å². The number of hydrogen-bond acceptors (Lipinski definition) is 8. The lowest BCUT2D eigenvalue weighted by atomic mass is 9.96. The number of halogens is 2. The fourth-order valence-corrected chi connectivity index (χ4v) is 8.60. The van der Waals surface area contributed by atoms with E-state index in [0.29, 0.717) is 25.4 Å². The van der Waals surface area contributed by atoms with E-state index < -0.39 is 34.0 Å². The van der Waals surface area contributed by atoms with Gasteiger partial charge in [-0.25, -0.2) is 18.2 Å². The Hall–Kier alpha value is -3.46. The molecule has 2 saturated heterocycles. The number of fused-ring (bicyclic) bond motifs is 1. The average Bonchev–Trinajstić information content (AvgIpc) is 3.64. The summed E-state index contributed by atoms with van der Waals surface area (Å²) in [6.07, 6.45) is 5.49. The molecular formula is C31H39Cl2N7O6S. The molecule has 3 N–H and O–H groups in total. The van der Waals surface area contributed by atoms with Crippen LogP contribution in [-0.2, 0) is 31.0 Å². The van der Waals surface area contributed by atoms with Crippen molar-refractivity contribution >= 4 is 68.0 Å². The average molecular weight is 709 g/mol. The second-order valence-electron chi connectivity index (χ2n) is 12.4. The highest BCUT2D eigenvalue weighted by Gasteiger charge is 2.41. The summed E-state index contributed by atoms with van der Waals surface area (Å²) in [6, 6.07) is 3.60. The molecule has 0 bridgehead atoms. The third-order valence-electron chi connectivity index (χ3n) is 8.59. The van der Waals surface area contributed by atoms with Gasteiger partial charge in [-0.05, 0) is 76.1 Å². The first-order valence-electron chi connectivity index (χ1n) is 15.7. The van der Waals surface area contributed by atoms with Crippen molar-refractivity contribution in [3.8, 4) is 0 Å². The van der Waals surface area contributed by atoms with E-state index in [9.17, 15) is 27.9 Å². The van der Waals surface area contributed by atoms with E-state index in [0.717, 1.165) is 40.7 Å². The van der Waals surface area contributed by atoms with Gasteiger partial charge in [0.15, 0.2) is 0 Å². The highest BCUT2D eigenvalue weighted by atomic mass is 35.5. The summed E-state index contributed by atoms with van der Waals surface area (Å²) in [5, 5.41) is 16.0. The number of sulfonamides is 1. The maximum absolute atomic E-state index is 13.3. The van der Waals surface area contributed by atoms with Gasteiger partial charge in [-0.2, -0.15) is 4.31 Å². The molecule has 0 aliphatic carbocycles. The number of aromatic nitrogens is 3. The summed E-state index contributed by atoms with van der Waals surface area (Å²) < 4.78 is 29.9. The second-order valence-corrected chi connectivity index (χ2v) is 15.1. The van der Waals surface area contributed by atoms with Crippen LogP contribution in [0.5, 0.6) is 0 Å². The van der Waals surface area contributed by atoms with Crippen LogP contribution in [-0.4, -0.2) is 92.8 Å². The molecule has 47 heavy (non-hydrogen) atoms. The molecule has 0 radical (unpaired) electrons. The Morgan fingerprint density at radius 3 is 2.43 bits per heavy atom. The molecule has 0 unspecified atom stereocenters. The molecule has 2 aromatic heterocycles. The first-order chi connectivity index (χ1) is 22.3. The summed E-state index contributed by atoms with van der Waals surface area (Å²) in [5.74, 6) is -1.11. The predicted octanol–water partition coefficient (Wildman–Crippen LogP) is 4.00. The lowest BCUT2D eigenvalue weighted by Crippen LogP contribution is -2.51. The third-order valence-corrected chi connectivity index (χ3v) is 10.9. The van der Waals surface area contributed by atoms with Gasteiger partial charge in [0.05, 0.1) is 16.6 Å². The zero-order chi connectivity index (χ0) is 33.9. The first-order valence-corrected chi connectivity index (χ1v) is 17.9. The highest BCUT2D eigenvalue weighted by Crippen LogP contribution is 2.30. The SMILES string of the molecule is CC(C)Nc1nc2cnccc2n1CC1CCN(C(=O)CC[C@H](NC(=O)[C@H]2CCCN2S(=O)(=O)c2cc(Cl)cc(Cl)c2)C(=O)O)CC1. The molecular weight excluding hydrogens is 669 g/mol. The van der Waals surface area contributed by atoms with E-state index in [2.05, 4.69) is 34.0 Å². The van der Waals surface area contributed by atoms with Crippen LogP contribution in [0.25, 0.3) is 11.0 Å². The standard InChI is InChI=1S/C31H39Cl2N7O6S/c1-19(2)35-31-37-25-17-34-10-7-26(25)39(31)18-20-8-12-38(13-9-20)28(41)6-5-24(30(43)44)36-29(42)27-4-3-11-40(27)47(45,46)23-15-21(32)14-22(33)16-23/h7,10,14-17,19-20,24,27H,3-6,8-9,11-13,18H2,1-2H3,(H,35,37)(H,36,42)(H,43,44)/t24-,27+/m0/s1. The molecule has 5 rings (SSSR count). The number of nitrogens with zero attached hydrogens (tertiary/aromatic N) is 5. The summed E-state index contributed by atoms with van der Waals surface area (Å²) >= 11 is 12.0. The van der Waals surface area contributed by atoms with E-state index in [4.69, 9.17) is 28.2 Å². The predicted molar refractivity (Wildman–Crippen MR) is 178 cm³/mol. The van der Waals surface area contributed by atoms with Crippen molar-refractivity contribution in [3.63, 3.8) is 0 Å². The van der Waals surface area contributed by atoms with E-state index in [-0.39, 0.29) is 52.7 Å². The van der Waals surface area contributed by atoms with E-state index in [1.807, 2.05) is 6.07 Å². The molecule has 13 nitrogen and oxygen atoms in total. The van der Waals surface area contributed by atoms with Crippen molar-refractivity contribution in [1.82, 2.24) is 29.1 Å². The number of anilines is 1. The van der Waals surface area contributed by atoms with Crippen LogP contribution < -0.4 is 10.6 Å². The number of aliphatic carboxylic acids is 1. The number of carbonyl (C=O) groups is 3. The highest BCUT2D eigenvalue weighted by molar-refractivity contribution is 7.89. The second kappa shape index (κ2) is 14.8. The minimum absolute atomic E-state index is 0.0722. The van der Waals surface area contributed by atoms with E-state index in [1.54, 1.807) is 17.3 Å². The number of carbonyl (C=O) groups excluding carboxylic acids is 2. The quantitative estimate of drug-likeness (QED) is 0.252. The first kappa shape index (κ1) is 34.9. The van der Waals surface area contributed by atoms with Crippen LogP contribution in [0, 0.1) is 5.92 Å². The smallest absolute Gasteiger partial charge is 0.326 e. The minimum atomic E-state index is -4.13. The Labute approximate surface area is 283 Å². The number of pyridine rings is 1. The molecule has 0 spiro atoms. The molecule has 16 heteroatoms. The number of carboxylic acid groups (broad SMARTS) is 1. The van der Waals surface area contributed by atoms with E-state index in [1.165, 1.54) is 18.2 Å². The number of amides is 2. The molecule has 2 amide bonds. The number of benzene rings is 1. The van der Waals surface area contributed by atoms with Gasteiger partial charge in [0, 0.05) is 54.9 Å². The fourth-order valence-electron chi connectivity index (χ4n) is 6.21. The van der Waals surface area contributed by atoms with Crippen LogP contribution >= 0.6 is 23.2 Å². The van der Waals surface area contributed by atoms with Crippen LogP contribution in [0.4, 0.5) is 5.95 Å². The summed E-state index contributed by atoms with van der Waals surface area (Å²) in [4.78, 5) is 48.9. The van der Waals surface area contributed by atoms with Gasteiger partial charge >= 0.3 is 5.97 Å². The Morgan fingerprint density at radius 2 is 1.77 bits per heavy atom. The molecule has 2 fully saturated rings. The minimum Gasteiger partial charge on any atom is -0.480 e. The largest absolute Gasteiger partial charge is 0.480 e. The Morgan fingerprint density at radius 1 is 1.06 bits per heavy atom. The van der Waals surface area contributed by atoms with Crippen molar-refractivity contribution in [2.24, 2.45) is 5.92 Å². The fraction of sp³-hybridized carbons (Fsp3) is 0.516. The molecule has 3 aromatic rings. The zero-order valence-corrected chi connectivity index (χ0v) is 28.6. The van der Waals surface area contributed by atoms with Crippen LogP contribution in [0.1, 0.15) is 52.4 Å². The summed E-state index contributed by atoms with van der Waals surface area (Å²) in [5.41, 5.74) is 1.81. The number of imidazole rings is 1. The van der Waals surface area contributed by atoms with Gasteiger partial charge in [-0.3, -0.25) is 14.6 Å². The van der Waals surface area contributed by atoms with Crippen LogP contribution in [0.15, 0.2) is 41.6 Å². The number of piperidine rings is 1. The van der Waals surface area contributed by atoms with Crippen molar-refractivity contribution in [1.29, 1.82) is 0 Å². The molecule has 2 aliphatic rings. The van der Waals surface area contributed by atoms with Crippen LogP contribution in [0.2, 0.25) is 10.0 Å². The van der Waals surface area contributed by atoms with Gasteiger partial charge in [0.2, 0.25) is 27.8 Å². The monoisotopic (exact) mass is 707 g/mol. The molecule has 1 aromatic carbocycles. The third kappa shape index (κ3) is 8.16. The summed E-state index contributed by atoms with van der Waals surface area (Å²) in [6.45, 7) is 6.01. The van der Waals surface area contributed by atoms with Gasteiger partial charge in [-0.1, -0.05) is 23.2 Å². The van der Waals surface area contributed by atoms with Crippen molar-refractivity contribution in [2.45, 2.75) is 81.9 Å². The van der Waals surface area contributed by atoms with Gasteiger partial charge in [0.25, 0.3) is 0 Å². The summed E-state index contributed by atoms with van der Waals surface area (Å²) in [7, 11) is -4.13. The molecule has 2 atom stereocenters. The Balaban J connectivity index is 1.15. The van der Waals surface area contributed by atoms with Crippen molar-refractivity contribution < 1.29 is 27.9 Å². The molecule has 2 aliphatic heterocycles. The van der Waals surface area contributed by atoms with Gasteiger partial charge in [-0.15, -0.1) is 0 Å². The van der Waals surface area contributed by atoms with Crippen LogP contribution in [0.3, 0.4) is 0 Å². The zero-order valence-electron chi connectivity index (χ0n) is 26.2. The molecule has 0 saturated carbocycles.